The van der Waals surface area contributed by atoms with Crippen molar-refractivity contribution in [2.24, 2.45) is 0 Å². The van der Waals surface area contributed by atoms with Gasteiger partial charge in [-0.25, -0.2) is 9.18 Å². The first-order valence-corrected chi connectivity index (χ1v) is 6.83. The van der Waals surface area contributed by atoms with Crippen LogP contribution in [0.5, 0.6) is 0 Å². The SMILES string of the molecule is CC(C)(C)OC(=O)c1ccc(-c2cc(F)cc(C#N)c2)cc1. The first-order valence-electron chi connectivity index (χ1n) is 6.83. The molecule has 2 aromatic carbocycles. The van der Waals surface area contributed by atoms with Gasteiger partial charge in [-0.2, -0.15) is 5.26 Å². The molecule has 0 spiro atoms. The zero-order valence-corrected chi connectivity index (χ0v) is 12.7. The third-order valence-electron chi connectivity index (χ3n) is 2.88. The Morgan fingerprint density at radius 3 is 2.27 bits per heavy atom. The number of rotatable bonds is 2. The number of benzene rings is 2. The van der Waals surface area contributed by atoms with Gasteiger partial charge in [0.1, 0.15) is 11.4 Å². The Bertz CT molecular complexity index is 737. The summed E-state index contributed by atoms with van der Waals surface area (Å²) in [6.45, 7) is 5.40. The summed E-state index contributed by atoms with van der Waals surface area (Å²) in [6, 6.07) is 12.7. The van der Waals surface area contributed by atoms with Crippen molar-refractivity contribution < 1.29 is 13.9 Å². The Kier molecular flexibility index (Phi) is 4.27. The second-order valence-corrected chi connectivity index (χ2v) is 5.92. The van der Waals surface area contributed by atoms with Gasteiger partial charge in [-0.05, 0) is 62.2 Å². The predicted octanol–water partition coefficient (Wildman–Crippen LogP) is 4.32. The Labute approximate surface area is 129 Å². The molecule has 0 saturated carbocycles. The van der Waals surface area contributed by atoms with Crippen molar-refractivity contribution in [3.05, 3.63) is 59.4 Å². The third-order valence-corrected chi connectivity index (χ3v) is 2.88. The van der Waals surface area contributed by atoms with Gasteiger partial charge in [0.05, 0.1) is 17.2 Å². The molecule has 0 aliphatic carbocycles. The Morgan fingerprint density at radius 2 is 1.73 bits per heavy atom. The lowest BCUT2D eigenvalue weighted by molar-refractivity contribution is 0.00696. The maximum absolute atomic E-state index is 13.5. The van der Waals surface area contributed by atoms with Crippen molar-refractivity contribution in [2.75, 3.05) is 0 Å². The van der Waals surface area contributed by atoms with Crippen LogP contribution in [-0.2, 0) is 4.74 Å². The van der Waals surface area contributed by atoms with Crippen LogP contribution in [0.1, 0.15) is 36.7 Å². The zero-order chi connectivity index (χ0) is 16.3. The van der Waals surface area contributed by atoms with Crippen LogP contribution in [0.15, 0.2) is 42.5 Å². The van der Waals surface area contributed by atoms with Crippen LogP contribution >= 0.6 is 0 Å². The molecule has 0 aliphatic heterocycles. The van der Waals surface area contributed by atoms with Crippen LogP contribution in [-0.4, -0.2) is 11.6 Å². The Balaban J connectivity index is 2.28. The highest BCUT2D eigenvalue weighted by Crippen LogP contribution is 2.23. The lowest BCUT2D eigenvalue weighted by Gasteiger charge is -2.19. The second kappa shape index (κ2) is 5.98. The highest BCUT2D eigenvalue weighted by Gasteiger charge is 2.17. The van der Waals surface area contributed by atoms with Crippen molar-refractivity contribution in [3.63, 3.8) is 0 Å². The highest BCUT2D eigenvalue weighted by molar-refractivity contribution is 5.90. The summed E-state index contributed by atoms with van der Waals surface area (Å²) in [4.78, 5) is 11.9. The van der Waals surface area contributed by atoms with Crippen LogP contribution in [0.4, 0.5) is 4.39 Å². The molecule has 0 heterocycles. The van der Waals surface area contributed by atoms with Crippen LogP contribution in [0.3, 0.4) is 0 Å². The van der Waals surface area contributed by atoms with Crippen molar-refractivity contribution in [1.82, 2.24) is 0 Å². The standard InChI is InChI=1S/C18H16FNO2/c1-18(2,3)22-17(21)14-6-4-13(5-7-14)15-8-12(11-20)9-16(19)10-15/h4-10H,1-3H3. The normalized spacial score (nSPS) is 10.9. The van der Waals surface area contributed by atoms with E-state index in [-0.39, 0.29) is 5.56 Å². The van der Waals surface area contributed by atoms with Crippen molar-refractivity contribution in [2.45, 2.75) is 26.4 Å². The number of carbonyl (C=O) groups excluding carboxylic acids is 1. The summed E-state index contributed by atoms with van der Waals surface area (Å²) < 4.78 is 18.8. The fourth-order valence-corrected chi connectivity index (χ4v) is 1.96. The molecule has 0 fully saturated rings. The number of nitrogens with zero attached hydrogens (tertiary/aromatic N) is 1. The van der Waals surface area contributed by atoms with E-state index in [4.69, 9.17) is 10.00 Å². The number of ether oxygens (including phenoxy) is 1. The van der Waals surface area contributed by atoms with Crippen LogP contribution in [0.25, 0.3) is 11.1 Å². The monoisotopic (exact) mass is 297 g/mol. The summed E-state index contributed by atoms with van der Waals surface area (Å²) >= 11 is 0. The molecule has 3 nitrogen and oxygen atoms in total. The fraction of sp³-hybridized carbons (Fsp3) is 0.222. The molecule has 112 valence electrons. The molecule has 0 saturated heterocycles. The minimum atomic E-state index is -0.556. The molecule has 0 aliphatic rings. The summed E-state index contributed by atoms with van der Waals surface area (Å²) in [5.74, 6) is -0.874. The van der Waals surface area contributed by atoms with Crippen LogP contribution in [0, 0.1) is 17.1 Å². The summed E-state index contributed by atoms with van der Waals surface area (Å²) in [6.07, 6.45) is 0. The van der Waals surface area contributed by atoms with E-state index in [1.165, 1.54) is 12.1 Å². The van der Waals surface area contributed by atoms with Gasteiger partial charge in [-0.15, -0.1) is 0 Å². The van der Waals surface area contributed by atoms with Gasteiger partial charge >= 0.3 is 5.97 Å². The molecule has 0 bridgehead atoms. The molecule has 0 unspecified atom stereocenters. The van der Waals surface area contributed by atoms with Crippen LogP contribution in [0.2, 0.25) is 0 Å². The second-order valence-electron chi connectivity index (χ2n) is 5.92. The highest BCUT2D eigenvalue weighted by atomic mass is 19.1. The zero-order valence-electron chi connectivity index (χ0n) is 12.7. The number of hydrogen-bond acceptors (Lipinski definition) is 3. The maximum atomic E-state index is 13.5. The number of esters is 1. The van der Waals surface area contributed by atoms with Crippen LogP contribution < -0.4 is 0 Å². The molecular formula is C18H16FNO2. The van der Waals surface area contributed by atoms with E-state index in [0.29, 0.717) is 11.1 Å². The molecule has 2 rings (SSSR count). The topological polar surface area (TPSA) is 50.1 Å². The summed E-state index contributed by atoms with van der Waals surface area (Å²) in [5.41, 5.74) is 1.44. The van der Waals surface area contributed by atoms with Crippen molar-refractivity contribution in [3.8, 4) is 17.2 Å². The fourth-order valence-electron chi connectivity index (χ4n) is 1.96. The molecule has 0 aromatic heterocycles. The first-order chi connectivity index (χ1) is 10.3. The number of hydrogen-bond donors (Lipinski definition) is 0. The number of nitriles is 1. The lowest BCUT2D eigenvalue weighted by atomic mass is 10.0. The van der Waals surface area contributed by atoms with Crippen molar-refractivity contribution >= 4 is 5.97 Å². The largest absolute Gasteiger partial charge is 0.456 e. The third kappa shape index (κ3) is 3.92. The van der Waals surface area contributed by atoms with Gasteiger partial charge in [0.15, 0.2) is 0 Å². The number of halogens is 1. The van der Waals surface area contributed by atoms with Gasteiger partial charge in [0.2, 0.25) is 0 Å². The minimum absolute atomic E-state index is 0.256. The van der Waals surface area contributed by atoms with E-state index >= 15 is 0 Å². The molecular weight excluding hydrogens is 281 g/mol. The maximum Gasteiger partial charge on any atom is 0.338 e. The summed E-state index contributed by atoms with van der Waals surface area (Å²) in [7, 11) is 0. The molecule has 0 N–H and O–H groups in total. The van der Waals surface area contributed by atoms with E-state index in [2.05, 4.69) is 0 Å². The average Bonchev–Trinajstić information content (AvgIpc) is 2.45. The quantitative estimate of drug-likeness (QED) is 0.776. The Hall–Kier alpha value is -2.67. The summed E-state index contributed by atoms with van der Waals surface area (Å²) in [5, 5.41) is 8.88. The molecule has 0 atom stereocenters. The van der Waals surface area contributed by atoms with E-state index < -0.39 is 17.4 Å². The Morgan fingerprint density at radius 1 is 1.09 bits per heavy atom. The molecule has 4 heteroatoms. The van der Waals surface area contributed by atoms with Gasteiger partial charge in [-0.3, -0.25) is 0 Å². The van der Waals surface area contributed by atoms with E-state index in [1.54, 1.807) is 51.1 Å². The average molecular weight is 297 g/mol. The van der Waals surface area contributed by atoms with Gasteiger partial charge in [-0.1, -0.05) is 12.1 Å². The first kappa shape index (κ1) is 15.7. The van der Waals surface area contributed by atoms with E-state index in [0.717, 1.165) is 5.56 Å². The van der Waals surface area contributed by atoms with Crippen molar-refractivity contribution in [1.29, 1.82) is 5.26 Å². The molecule has 0 radical (unpaired) electrons. The lowest BCUT2D eigenvalue weighted by Crippen LogP contribution is -2.23. The minimum Gasteiger partial charge on any atom is -0.456 e. The number of carbonyl (C=O) groups is 1. The van der Waals surface area contributed by atoms with E-state index in [9.17, 15) is 9.18 Å². The smallest absolute Gasteiger partial charge is 0.338 e. The van der Waals surface area contributed by atoms with Gasteiger partial charge < -0.3 is 4.74 Å². The molecule has 2 aromatic rings. The van der Waals surface area contributed by atoms with Gasteiger partial charge in [0.25, 0.3) is 0 Å². The predicted molar refractivity (Wildman–Crippen MR) is 81.7 cm³/mol. The van der Waals surface area contributed by atoms with E-state index in [1.807, 2.05) is 6.07 Å². The van der Waals surface area contributed by atoms with Gasteiger partial charge in [0, 0.05) is 0 Å². The molecule has 22 heavy (non-hydrogen) atoms. The molecule has 0 amide bonds.